The van der Waals surface area contributed by atoms with E-state index in [2.05, 4.69) is 15.6 Å². The highest BCUT2D eigenvalue weighted by Crippen LogP contribution is 2.37. The van der Waals surface area contributed by atoms with Crippen molar-refractivity contribution in [2.45, 2.75) is 50.2 Å². The van der Waals surface area contributed by atoms with E-state index < -0.39 is 15.6 Å². The SMILES string of the molecule is Cc1ccc(NC2CCN(S(=O)(=O)c3ccc(-c4ccc5c(c4)OC(C)(C)C(=O)N5)cc3)CC2)nc1. The number of aromatic nitrogens is 1. The molecule has 0 atom stereocenters. The van der Waals surface area contributed by atoms with E-state index >= 15 is 0 Å². The second kappa shape index (κ2) is 9.22. The number of sulfonamides is 1. The van der Waals surface area contributed by atoms with Gasteiger partial charge < -0.3 is 15.4 Å². The summed E-state index contributed by atoms with van der Waals surface area (Å²) in [6.45, 7) is 6.34. The maximum absolute atomic E-state index is 13.3. The number of anilines is 2. The molecule has 1 fully saturated rings. The van der Waals surface area contributed by atoms with Crippen LogP contribution >= 0.6 is 0 Å². The first-order valence-electron chi connectivity index (χ1n) is 12.1. The van der Waals surface area contributed by atoms with Crippen LogP contribution in [-0.4, -0.2) is 48.3 Å². The molecule has 1 aromatic heterocycles. The van der Waals surface area contributed by atoms with E-state index in [0.717, 1.165) is 35.3 Å². The van der Waals surface area contributed by atoms with Gasteiger partial charge in [0.25, 0.3) is 5.91 Å². The van der Waals surface area contributed by atoms with Crippen LogP contribution in [0.5, 0.6) is 5.75 Å². The predicted octanol–water partition coefficient (Wildman–Crippen LogP) is 4.43. The number of ether oxygens (including phenoxy) is 1. The van der Waals surface area contributed by atoms with Gasteiger partial charge in [0.15, 0.2) is 5.60 Å². The van der Waals surface area contributed by atoms with E-state index in [1.807, 2.05) is 37.4 Å². The summed E-state index contributed by atoms with van der Waals surface area (Å²) in [4.78, 5) is 16.8. The number of fused-ring (bicyclic) bond motifs is 1. The van der Waals surface area contributed by atoms with Crippen LogP contribution in [-0.2, 0) is 14.8 Å². The van der Waals surface area contributed by atoms with Crippen molar-refractivity contribution in [3.05, 3.63) is 66.4 Å². The Morgan fingerprint density at radius 1 is 1.03 bits per heavy atom. The van der Waals surface area contributed by atoms with E-state index in [1.165, 1.54) is 0 Å². The number of hydrogen-bond donors (Lipinski definition) is 2. The van der Waals surface area contributed by atoms with Crippen LogP contribution in [0.15, 0.2) is 65.7 Å². The lowest BCUT2D eigenvalue weighted by molar-refractivity contribution is -0.129. The second-order valence-electron chi connectivity index (χ2n) is 9.85. The van der Waals surface area contributed by atoms with Gasteiger partial charge in [0, 0.05) is 25.3 Å². The van der Waals surface area contributed by atoms with E-state index in [1.54, 1.807) is 48.5 Å². The minimum Gasteiger partial charge on any atom is -0.476 e. The number of piperidine rings is 1. The molecule has 188 valence electrons. The zero-order valence-corrected chi connectivity index (χ0v) is 21.4. The molecular formula is C27H30N4O4S. The number of rotatable bonds is 5. The third-order valence-corrected chi connectivity index (χ3v) is 8.60. The molecule has 8 nitrogen and oxygen atoms in total. The summed E-state index contributed by atoms with van der Waals surface area (Å²) >= 11 is 0. The molecule has 1 amide bonds. The summed E-state index contributed by atoms with van der Waals surface area (Å²) in [5.41, 5.74) is 2.51. The van der Waals surface area contributed by atoms with Gasteiger partial charge in [0.05, 0.1) is 10.6 Å². The fraction of sp³-hybridized carbons (Fsp3) is 0.333. The molecule has 3 aromatic rings. The van der Waals surface area contributed by atoms with Gasteiger partial charge in [-0.1, -0.05) is 24.3 Å². The van der Waals surface area contributed by atoms with Crippen molar-refractivity contribution in [2.75, 3.05) is 23.7 Å². The molecule has 2 aliphatic rings. The van der Waals surface area contributed by atoms with Crippen molar-refractivity contribution in [1.82, 2.24) is 9.29 Å². The van der Waals surface area contributed by atoms with Gasteiger partial charge in [0.2, 0.25) is 10.0 Å². The molecule has 5 rings (SSSR count). The fourth-order valence-electron chi connectivity index (χ4n) is 4.45. The monoisotopic (exact) mass is 506 g/mol. The number of nitrogens with one attached hydrogen (secondary N) is 2. The first kappa shape index (κ1) is 24.3. The average molecular weight is 507 g/mol. The van der Waals surface area contributed by atoms with Gasteiger partial charge in [-0.2, -0.15) is 4.31 Å². The molecule has 2 aromatic carbocycles. The quantitative estimate of drug-likeness (QED) is 0.531. The lowest BCUT2D eigenvalue weighted by Gasteiger charge is -2.32. The van der Waals surface area contributed by atoms with Crippen LogP contribution < -0.4 is 15.4 Å². The third-order valence-electron chi connectivity index (χ3n) is 6.68. The van der Waals surface area contributed by atoms with Crippen LogP contribution in [0.4, 0.5) is 11.5 Å². The van der Waals surface area contributed by atoms with Crippen molar-refractivity contribution in [3.63, 3.8) is 0 Å². The molecule has 0 radical (unpaired) electrons. The minimum absolute atomic E-state index is 0.190. The van der Waals surface area contributed by atoms with Gasteiger partial charge in [-0.3, -0.25) is 4.79 Å². The fourth-order valence-corrected chi connectivity index (χ4v) is 5.92. The van der Waals surface area contributed by atoms with Crippen molar-refractivity contribution in [2.24, 2.45) is 0 Å². The summed E-state index contributed by atoms with van der Waals surface area (Å²) in [6.07, 6.45) is 3.26. The van der Waals surface area contributed by atoms with Crippen LogP contribution in [0.1, 0.15) is 32.3 Å². The molecule has 0 unspecified atom stereocenters. The average Bonchev–Trinajstić information content (AvgIpc) is 2.86. The lowest BCUT2D eigenvalue weighted by atomic mass is 10.0. The van der Waals surface area contributed by atoms with Crippen LogP contribution in [0, 0.1) is 6.92 Å². The number of benzene rings is 2. The number of nitrogens with zero attached hydrogens (tertiary/aromatic N) is 2. The Labute approximate surface area is 211 Å². The number of aryl methyl sites for hydroxylation is 1. The summed E-state index contributed by atoms with van der Waals surface area (Å²) in [5.74, 6) is 1.21. The Kier molecular flexibility index (Phi) is 6.22. The van der Waals surface area contributed by atoms with E-state index in [0.29, 0.717) is 24.5 Å². The summed E-state index contributed by atoms with van der Waals surface area (Å²) in [7, 11) is -3.58. The van der Waals surface area contributed by atoms with Crippen molar-refractivity contribution in [1.29, 1.82) is 0 Å². The molecule has 9 heteroatoms. The maximum atomic E-state index is 13.3. The second-order valence-corrected chi connectivity index (χ2v) is 11.8. The molecule has 2 aliphatic heterocycles. The molecule has 0 saturated carbocycles. The molecule has 0 spiro atoms. The molecule has 0 bridgehead atoms. The molecule has 3 heterocycles. The van der Waals surface area contributed by atoms with Gasteiger partial charge in [0.1, 0.15) is 11.6 Å². The Morgan fingerprint density at radius 3 is 2.39 bits per heavy atom. The van der Waals surface area contributed by atoms with Gasteiger partial charge in [-0.15, -0.1) is 0 Å². The number of carbonyl (C=O) groups is 1. The van der Waals surface area contributed by atoms with Crippen LogP contribution in [0.3, 0.4) is 0 Å². The minimum atomic E-state index is -3.58. The highest BCUT2D eigenvalue weighted by molar-refractivity contribution is 7.89. The Morgan fingerprint density at radius 2 is 1.72 bits per heavy atom. The molecule has 2 N–H and O–H groups in total. The first-order chi connectivity index (χ1) is 17.1. The normalized spacial score (nSPS) is 18.1. The Balaban J connectivity index is 1.26. The molecule has 36 heavy (non-hydrogen) atoms. The lowest BCUT2D eigenvalue weighted by Crippen LogP contribution is -2.45. The van der Waals surface area contributed by atoms with E-state index in [4.69, 9.17) is 4.74 Å². The van der Waals surface area contributed by atoms with Crippen LogP contribution in [0.2, 0.25) is 0 Å². The van der Waals surface area contributed by atoms with Crippen molar-refractivity contribution < 1.29 is 17.9 Å². The summed E-state index contributed by atoms with van der Waals surface area (Å²) in [5, 5.41) is 6.26. The van der Waals surface area contributed by atoms with E-state index in [-0.39, 0.29) is 16.8 Å². The highest BCUT2D eigenvalue weighted by Gasteiger charge is 2.35. The van der Waals surface area contributed by atoms with Gasteiger partial charge >= 0.3 is 0 Å². The smallest absolute Gasteiger partial charge is 0.268 e. The summed E-state index contributed by atoms with van der Waals surface area (Å²) < 4.78 is 34.0. The summed E-state index contributed by atoms with van der Waals surface area (Å²) in [6, 6.07) is 16.6. The van der Waals surface area contributed by atoms with E-state index in [9.17, 15) is 13.2 Å². The predicted molar refractivity (Wildman–Crippen MR) is 140 cm³/mol. The maximum Gasteiger partial charge on any atom is 0.268 e. The number of carbonyl (C=O) groups excluding carboxylic acids is 1. The van der Waals surface area contributed by atoms with Crippen molar-refractivity contribution >= 4 is 27.4 Å². The van der Waals surface area contributed by atoms with Crippen LogP contribution in [0.25, 0.3) is 11.1 Å². The molecule has 0 aliphatic carbocycles. The Bertz CT molecular complexity index is 1380. The molecule has 1 saturated heterocycles. The Hall–Kier alpha value is -3.43. The first-order valence-corrected chi connectivity index (χ1v) is 13.5. The van der Waals surface area contributed by atoms with Crippen molar-refractivity contribution in [3.8, 4) is 16.9 Å². The van der Waals surface area contributed by atoms with Gasteiger partial charge in [-0.05, 0) is 80.6 Å². The number of hydrogen-bond acceptors (Lipinski definition) is 6. The topological polar surface area (TPSA) is 101 Å². The molecular weight excluding hydrogens is 476 g/mol. The number of pyridine rings is 1. The zero-order valence-electron chi connectivity index (χ0n) is 20.6. The number of amides is 1. The highest BCUT2D eigenvalue weighted by atomic mass is 32.2. The standard InChI is InChI=1S/C27H30N4O4S/c1-18-4-11-25(28-17-18)29-21-12-14-31(15-13-21)36(33,34)22-8-5-19(6-9-22)20-7-10-23-24(16-20)35-27(2,3)26(32)30-23/h4-11,16-17,21H,12-15H2,1-3H3,(H,28,29)(H,30,32). The largest absolute Gasteiger partial charge is 0.476 e. The van der Waals surface area contributed by atoms with Gasteiger partial charge in [-0.25, -0.2) is 13.4 Å². The zero-order chi connectivity index (χ0) is 25.5. The third kappa shape index (κ3) is 4.81.